The fraction of sp³-hybridized carbons (Fsp3) is 0.190. The molecule has 1 aromatic carbocycles. The highest BCUT2D eigenvalue weighted by Crippen LogP contribution is 2.25. The fourth-order valence-electron chi connectivity index (χ4n) is 2.80. The van der Waals surface area contributed by atoms with E-state index in [1.165, 1.54) is 0 Å². The number of nitrogens with zero attached hydrogens (tertiary/aromatic N) is 2. The van der Waals surface area contributed by atoms with Crippen LogP contribution in [0.4, 0.5) is 0 Å². The molecule has 6 heteroatoms. The van der Waals surface area contributed by atoms with Gasteiger partial charge in [0, 0.05) is 47.7 Å². The molecule has 1 N–H and O–H groups in total. The molecule has 1 amide bonds. The number of carbonyl (C=O) groups is 1. The van der Waals surface area contributed by atoms with Crippen molar-refractivity contribution in [3.8, 4) is 17.0 Å². The van der Waals surface area contributed by atoms with Crippen LogP contribution in [0.25, 0.3) is 11.1 Å². The third-order valence-corrected chi connectivity index (χ3v) is 4.50. The number of nitrogens with one attached hydrogen (secondary N) is 1. The van der Waals surface area contributed by atoms with Gasteiger partial charge in [0.1, 0.15) is 0 Å². The highest BCUT2D eigenvalue weighted by Gasteiger charge is 2.11. The van der Waals surface area contributed by atoms with Gasteiger partial charge >= 0.3 is 0 Å². The first-order chi connectivity index (χ1) is 13.1. The van der Waals surface area contributed by atoms with E-state index in [1.54, 1.807) is 25.6 Å². The van der Waals surface area contributed by atoms with Crippen molar-refractivity contribution in [1.82, 2.24) is 15.3 Å². The van der Waals surface area contributed by atoms with E-state index in [4.69, 9.17) is 16.3 Å². The molecule has 0 unspecified atom stereocenters. The molecule has 2 heterocycles. The summed E-state index contributed by atoms with van der Waals surface area (Å²) >= 11 is 6.04. The normalized spacial score (nSPS) is 10.5. The number of aryl methyl sites for hydroxylation is 1. The topological polar surface area (TPSA) is 64.1 Å². The number of halogens is 1. The first-order valence-electron chi connectivity index (χ1n) is 8.49. The zero-order valence-corrected chi connectivity index (χ0v) is 16.0. The predicted molar refractivity (Wildman–Crippen MR) is 106 cm³/mol. The van der Waals surface area contributed by atoms with Crippen molar-refractivity contribution in [3.05, 3.63) is 77.2 Å². The number of hydrogen-bond acceptors (Lipinski definition) is 4. The summed E-state index contributed by atoms with van der Waals surface area (Å²) in [6.45, 7) is 2.32. The van der Waals surface area contributed by atoms with Crippen molar-refractivity contribution in [2.45, 2.75) is 19.3 Å². The van der Waals surface area contributed by atoms with Crippen LogP contribution in [-0.2, 0) is 12.4 Å². The summed E-state index contributed by atoms with van der Waals surface area (Å²) in [6, 6.07) is 13.2. The smallest absolute Gasteiger partial charge is 0.251 e. The van der Waals surface area contributed by atoms with E-state index >= 15 is 0 Å². The summed E-state index contributed by atoms with van der Waals surface area (Å²) in [6.07, 6.45) is 3.40. The third-order valence-electron chi connectivity index (χ3n) is 4.19. The Balaban J connectivity index is 1.83. The first-order valence-corrected chi connectivity index (χ1v) is 9.03. The molecule has 0 radical (unpaired) electrons. The zero-order valence-electron chi connectivity index (χ0n) is 15.2. The van der Waals surface area contributed by atoms with Gasteiger partial charge in [0.2, 0.25) is 5.88 Å². The van der Waals surface area contributed by atoms with Crippen molar-refractivity contribution in [3.63, 3.8) is 0 Å². The maximum absolute atomic E-state index is 12.7. The number of methoxy groups -OCH3 is 1. The standard InChI is InChI=1S/C21H20ClN3O2/c1-14-19(4-3-6-23-14)17-8-16(12-22)9-18(11-17)21(26)25-13-15-5-7-24-20(10-15)27-2/h3-11H,12-13H2,1-2H3,(H,25,26). The summed E-state index contributed by atoms with van der Waals surface area (Å²) < 4.78 is 5.11. The van der Waals surface area contributed by atoms with Gasteiger partial charge in [0.25, 0.3) is 5.91 Å². The molecule has 0 bridgehead atoms. The van der Waals surface area contributed by atoms with Gasteiger partial charge in [-0.3, -0.25) is 9.78 Å². The average molecular weight is 382 g/mol. The number of pyridine rings is 2. The van der Waals surface area contributed by atoms with E-state index in [1.807, 2.05) is 43.3 Å². The van der Waals surface area contributed by atoms with Crippen molar-refractivity contribution < 1.29 is 9.53 Å². The highest BCUT2D eigenvalue weighted by molar-refractivity contribution is 6.17. The number of ether oxygens (including phenoxy) is 1. The molecule has 0 spiro atoms. The lowest BCUT2D eigenvalue weighted by Gasteiger charge is -2.11. The Morgan fingerprint density at radius 3 is 2.70 bits per heavy atom. The van der Waals surface area contributed by atoms with E-state index in [0.717, 1.165) is 27.9 Å². The third kappa shape index (κ3) is 4.63. The van der Waals surface area contributed by atoms with Crippen LogP contribution in [0.3, 0.4) is 0 Å². The molecule has 3 rings (SSSR count). The monoisotopic (exact) mass is 381 g/mol. The molecule has 0 saturated carbocycles. The Hall–Kier alpha value is -2.92. The predicted octanol–water partition coefficient (Wildman–Crippen LogP) is 4.13. The number of amides is 1. The Kier molecular flexibility index (Phi) is 6.04. The van der Waals surface area contributed by atoms with Crippen LogP contribution in [0.2, 0.25) is 0 Å². The van der Waals surface area contributed by atoms with Crippen molar-refractivity contribution in [2.75, 3.05) is 7.11 Å². The number of rotatable bonds is 6. The number of aromatic nitrogens is 2. The SMILES string of the molecule is COc1cc(CNC(=O)c2cc(CCl)cc(-c3cccnc3C)c2)ccn1. The molecular weight excluding hydrogens is 362 g/mol. The van der Waals surface area contributed by atoms with Crippen molar-refractivity contribution in [2.24, 2.45) is 0 Å². The van der Waals surface area contributed by atoms with Gasteiger partial charge in [0.05, 0.1) is 7.11 Å². The van der Waals surface area contributed by atoms with Crippen LogP contribution in [0.15, 0.2) is 54.9 Å². The average Bonchev–Trinajstić information content (AvgIpc) is 2.72. The second kappa shape index (κ2) is 8.64. The van der Waals surface area contributed by atoms with E-state index in [0.29, 0.717) is 23.9 Å². The quantitative estimate of drug-likeness (QED) is 0.652. The van der Waals surface area contributed by atoms with Gasteiger partial charge in [-0.1, -0.05) is 6.07 Å². The van der Waals surface area contributed by atoms with Crippen LogP contribution >= 0.6 is 11.6 Å². The molecule has 2 aromatic heterocycles. The van der Waals surface area contributed by atoms with E-state index in [2.05, 4.69) is 15.3 Å². The van der Waals surface area contributed by atoms with Gasteiger partial charge in [-0.15, -0.1) is 11.6 Å². The summed E-state index contributed by atoms with van der Waals surface area (Å²) in [5.74, 6) is 0.676. The number of carbonyl (C=O) groups excluding carboxylic acids is 1. The van der Waals surface area contributed by atoms with Gasteiger partial charge in [-0.25, -0.2) is 4.98 Å². The number of alkyl halides is 1. The first kappa shape index (κ1) is 18.9. The molecular formula is C21H20ClN3O2. The fourth-order valence-corrected chi connectivity index (χ4v) is 2.96. The van der Waals surface area contributed by atoms with E-state index in [-0.39, 0.29) is 5.91 Å². The maximum Gasteiger partial charge on any atom is 0.251 e. The summed E-state index contributed by atoms with van der Waals surface area (Å²) in [7, 11) is 1.56. The van der Waals surface area contributed by atoms with Gasteiger partial charge < -0.3 is 10.1 Å². The van der Waals surface area contributed by atoms with E-state index < -0.39 is 0 Å². The molecule has 0 aliphatic heterocycles. The lowest BCUT2D eigenvalue weighted by Crippen LogP contribution is -2.23. The molecule has 3 aromatic rings. The van der Waals surface area contributed by atoms with Crippen molar-refractivity contribution in [1.29, 1.82) is 0 Å². The minimum atomic E-state index is -0.166. The minimum absolute atomic E-state index is 0.166. The molecule has 0 fully saturated rings. The van der Waals surface area contributed by atoms with Crippen LogP contribution < -0.4 is 10.1 Å². The van der Waals surface area contributed by atoms with Gasteiger partial charge in [-0.2, -0.15) is 0 Å². The molecule has 27 heavy (non-hydrogen) atoms. The lowest BCUT2D eigenvalue weighted by molar-refractivity contribution is 0.0951. The summed E-state index contributed by atoms with van der Waals surface area (Å²) in [4.78, 5) is 21.1. The maximum atomic E-state index is 12.7. The molecule has 138 valence electrons. The van der Waals surface area contributed by atoms with E-state index in [9.17, 15) is 4.79 Å². The minimum Gasteiger partial charge on any atom is -0.481 e. The Morgan fingerprint density at radius 1 is 1.11 bits per heavy atom. The molecule has 5 nitrogen and oxygen atoms in total. The Bertz CT molecular complexity index is 960. The lowest BCUT2D eigenvalue weighted by atomic mass is 9.99. The van der Waals surface area contributed by atoms with Crippen LogP contribution in [0, 0.1) is 6.92 Å². The number of hydrogen-bond donors (Lipinski definition) is 1. The van der Waals surface area contributed by atoms with Crippen LogP contribution in [0.5, 0.6) is 5.88 Å². The van der Waals surface area contributed by atoms with Crippen molar-refractivity contribution >= 4 is 17.5 Å². The zero-order chi connectivity index (χ0) is 19.2. The highest BCUT2D eigenvalue weighted by atomic mass is 35.5. The second-order valence-corrected chi connectivity index (χ2v) is 6.35. The number of benzene rings is 1. The van der Waals surface area contributed by atoms with Gasteiger partial charge in [0.15, 0.2) is 0 Å². The molecule has 0 atom stereocenters. The second-order valence-electron chi connectivity index (χ2n) is 6.08. The van der Waals surface area contributed by atoms with Gasteiger partial charge in [-0.05, 0) is 53.9 Å². The van der Waals surface area contributed by atoms with Crippen LogP contribution in [0.1, 0.15) is 27.2 Å². The Morgan fingerprint density at radius 2 is 1.96 bits per heavy atom. The summed E-state index contributed by atoms with van der Waals surface area (Å²) in [5.41, 5.74) is 5.17. The molecule has 0 aliphatic rings. The largest absolute Gasteiger partial charge is 0.481 e. The molecule has 0 saturated heterocycles. The van der Waals surface area contributed by atoms with Crippen LogP contribution in [-0.4, -0.2) is 23.0 Å². The Labute approximate surface area is 163 Å². The summed E-state index contributed by atoms with van der Waals surface area (Å²) in [5, 5.41) is 2.93. The molecule has 0 aliphatic carbocycles.